The molecule has 0 spiro atoms. The average Bonchev–Trinajstić information content (AvgIpc) is 2.50. The van der Waals surface area contributed by atoms with E-state index < -0.39 is 4.92 Å². The van der Waals surface area contributed by atoms with E-state index in [1.807, 2.05) is 0 Å². The van der Waals surface area contributed by atoms with E-state index in [1.165, 1.54) is 6.07 Å². The Balaban J connectivity index is 2.41. The van der Waals surface area contributed by atoms with Crippen molar-refractivity contribution in [2.75, 3.05) is 6.61 Å². The zero-order chi connectivity index (χ0) is 16.4. The lowest BCUT2D eigenvalue weighted by atomic mass is 10.0. The maximum atomic E-state index is 11.2. The first-order valence-corrected chi connectivity index (χ1v) is 7.47. The number of carbonyl (C=O) groups excluding carboxylic acids is 2. The molecule has 0 radical (unpaired) electrons. The third-order valence-corrected chi connectivity index (χ3v) is 3.34. The third-order valence-electron chi connectivity index (χ3n) is 3.34. The maximum Gasteiger partial charge on any atom is 0.305 e. The molecule has 0 saturated carbocycles. The number of nitrogens with zero attached hydrogens (tertiary/aromatic N) is 1. The van der Waals surface area contributed by atoms with Crippen LogP contribution < -0.4 is 0 Å². The number of hydrogen-bond donors (Lipinski definition) is 0. The van der Waals surface area contributed by atoms with Gasteiger partial charge in [-0.25, -0.2) is 0 Å². The van der Waals surface area contributed by atoms with Gasteiger partial charge in [-0.15, -0.1) is 0 Å². The van der Waals surface area contributed by atoms with Crippen LogP contribution in [0.4, 0.5) is 5.69 Å². The molecule has 1 aromatic carbocycles. The molecule has 0 heterocycles. The van der Waals surface area contributed by atoms with Crippen LogP contribution in [0.3, 0.4) is 0 Å². The Hall–Kier alpha value is -2.24. The first-order valence-electron chi connectivity index (χ1n) is 7.47. The first kappa shape index (κ1) is 17.8. The highest BCUT2D eigenvalue weighted by Crippen LogP contribution is 2.24. The van der Waals surface area contributed by atoms with Crippen LogP contribution in [0, 0.1) is 10.1 Å². The van der Waals surface area contributed by atoms with E-state index in [4.69, 9.17) is 4.74 Å². The Labute approximate surface area is 129 Å². The summed E-state index contributed by atoms with van der Waals surface area (Å²) in [7, 11) is 0. The monoisotopic (exact) mass is 307 g/mol. The first-order chi connectivity index (χ1) is 10.6. The Kier molecular flexibility index (Phi) is 7.81. The molecule has 22 heavy (non-hydrogen) atoms. The van der Waals surface area contributed by atoms with Gasteiger partial charge in [0.25, 0.3) is 5.69 Å². The van der Waals surface area contributed by atoms with E-state index in [9.17, 15) is 19.7 Å². The summed E-state index contributed by atoms with van der Waals surface area (Å²) in [5.41, 5.74) is 0.605. The van der Waals surface area contributed by atoms with E-state index in [1.54, 1.807) is 19.1 Å². The number of nitro benzene ring substituents is 1. The van der Waals surface area contributed by atoms with Gasteiger partial charge in [0.1, 0.15) is 0 Å². The lowest BCUT2D eigenvalue weighted by Crippen LogP contribution is -2.03. The number of unbranched alkanes of at least 4 members (excludes halogenated alkanes) is 3. The fraction of sp³-hybridized carbons (Fsp3) is 0.500. The Morgan fingerprint density at radius 3 is 2.64 bits per heavy atom. The fourth-order valence-corrected chi connectivity index (χ4v) is 2.30. The maximum absolute atomic E-state index is 11.2. The molecule has 120 valence electrons. The number of aryl methyl sites for hydroxylation is 1. The zero-order valence-electron chi connectivity index (χ0n) is 12.7. The Morgan fingerprint density at radius 1 is 1.27 bits per heavy atom. The molecule has 0 N–H and O–H groups in total. The molecule has 0 saturated heterocycles. The SMILES string of the molecule is CCOC(=O)CCCCCCc1cccc(C=O)c1[N+](=O)[O-]. The van der Waals surface area contributed by atoms with Gasteiger partial charge >= 0.3 is 5.97 Å². The van der Waals surface area contributed by atoms with E-state index >= 15 is 0 Å². The summed E-state index contributed by atoms with van der Waals surface area (Å²) in [6, 6.07) is 4.80. The van der Waals surface area contributed by atoms with Crippen LogP contribution in [0.15, 0.2) is 18.2 Å². The van der Waals surface area contributed by atoms with Gasteiger partial charge in [-0.1, -0.05) is 25.0 Å². The highest BCUT2D eigenvalue weighted by Gasteiger charge is 2.18. The molecule has 0 aromatic heterocycles. The van der Waals surface area contributed by atoms with Gasteiger partial charge in [0, 0.05) is 12.0 Å². The predicted octanol–water partition coefficient (Wildman–Crippen LogP) is 3.46. The van der Waals surface area contributed by atoms with Crippen molar-refractivity contribution in [1.82, 2.24) is 0 Å². The summed E-state index contributed by atoms with van der Waals surface area (Å²) < 4.78 is 4.84. The van der Waals surface area contributed by atoms with Crippen LogP contribution in [-0.4, -0.2) is 23.8 Å². The van der Waals surface area contributed by atoms with Gasteiger partial charge in [0.05, 0.1) is 17.1 Å². The number of esters is 1. The van der Waals surface area contributed by atoms with Crippen molar-refractivity contribution >= 4 is 17.9 Å². The van der Waals surface area contributed by atoms with Gasteiger partial charge in [0.2, 0.25) is 0 Å². The molecule has 1 rings (SSSR count). The molecule has 0 aliphatic heterocycles. The summed E-state index contributed by atoms with van der Waals surface area (Å²) in [5.74, 6) is -0.183. The smallest absolute Gasteiger partial charge is 0.305 e. The summed E-state index contributed by atoms with van der Waals surface area (Å²) in [4.78, 5) is 32.6. The molecule has 0 aliphatic carbocycles. The Bertz CT molecular complexity index is 527. The minimum Gasteiger partial charge on any atom is -0.466 e. The molecule has 6 nitrogen and oxygen atoms in total. The summed E-state index contributed by atoms with van der Waals surface area (Å²) >= 11 is 0. The highest BCUT2D eigenvalue weighted by atomic mass is 16.6. The molecule has 0 atom stereocenters. The Morgan fingerprint density at radius 2 is 2.00 bits per heavy atom. The second kappa shape index (κ2) is 9.65. The molecule has 0 amide bonds. The molecule has 1 aromatic rings. The fourth-order valence-electron chi connectivity index (χ4n) is 2.30. The van der Waals surface area contributed by atoms with Crippen LogP contribution in [-0.2, 0) is 16.0 Å². The summed E-state index contributed by atoms with van der Waals surface area (Å²) in [5, 5.41) is 11.1. The molecular weight excluding hydrogens is 286 g/mol. The minimum atomic E-state index is -0.500. The van der Waals surface area contributed by atoms with E-state index in [0.29, 0.717) is 31.3 Å². The molecule has 0 unspecified atom stereocenters. The minimum absolute atomic E-state index is 0.0935. The van der Waals surface area contributed by atoms with Crippen molar-refractivity contribution in [3.63, 3.8) is 0 Å². The second-order valence-corrected chi connectivity index (χ2v) is 4.95. The number of aldehydes is 1. The zero-order valence-corrected chi connectivity index (χ0v) is 12.7. The van der Waals surface area contributed by atoms with Crippen molar-refractivity contribution in [1.29, 1.82) is 0 Å². The van der Waals surface area contributed by atoms with Gasteiger partial charge in [-0.3, -0.25) is 19.7 Å². The topological polar surface area (TPSA) is 86.5 Å². The summed E-state index contributed by atoms with van der Waals surface area (Å²) in [6.07, 6.45) is 4.77. The van der Waals surface area contributed by atoms with Crippen molar-refractivity contribution in [3.8, 4) is 0 Å². The number of para-hydroxylation sites is 1. The highest BCUT2D eigenvalue weighted by molar-refractivity contribution is 5.82. The van der Waals surface area contributed by atoms with Crippen LogP contribution in [0.25, 0.3) is 0 Å². The molecule has 6 heteroatoms. The van der Waals surface area contributed by atoms with Crippen LogP contribution in [0.1, 0.15) is 54.9 Å². The van der Waals surface area contributed by atoms with Gasteiger partial charge < -0.3 is 4.74 Å². The van der Waals surface area contributed by atoms with Crippen LogP contribution in [0.2, 0.25) is 0 Å². The van der Waals surface area contributed by atoms with Crippen LogP contribution >= 0.6 is 0 Å². The van der Waals surface area contributed by atoms with Gasteiger partial charge in [0.15, 0.2) is 6.29 Å². The van der Waals surface area contributed by atoms with E-state index in [0.717, 1.165) is 25.7 Å². The number of carbonyl (C=O) groups is 2. The van der Waals surface area contributed by atoms with Crippen molar-refractivity contribution in [2.45, 2.75) is 45.4 Å². The number of ether oxygens (including phenoxy) is 1. The lowest BCUT2D eigenvalue weighted by Gasteiger charge is -2.05. The van der Waals surface area contributed by atoms with Crippen molar-refractivity contribution < 1.29 is 19.2 Å². The molecular formula is C16H21NO5. The number of hydrogen-bond acceptors (Lipinski definition) is 5. The van der Waals surface area contributed by atoms with Crippen molar-refractivity contribution in [3.05, 3.63) is 39.4 Å². The molecule has 0 fully saturated rings. The number of rotatable bonds is 10. The lowest BCUT2D eigenvalue weighted by molar-refractivity contribution is -0.385. The quantitative estimate of drug-likeness (QED) is 0.217. The second-order valence-electron chi connectivity index (χ2n) is 4.95. The summed E-state index contributed by atoms with van der Waals surface area (Å²) in [6.45, 7) is 2.17. The largest absolute Gasteiger partial charge is 0.466 e. The molecule has 0 bridgehead atoms. The van der Waals surface area contributed by atoms with E-state index in [-0.39, 0.29) is 17.2 Å². The average molecular weight is 307 g/mol. The standard InChI is InChI=1S/C16H21NO5/c1-2-22-15(19)11-6-4-3-5-8-13-9-7-10-14(12-18)16(13)17(20)21/h7,9-10,12H,2-6,8,11H2,1H3. The predicted molar refractivity (Wildman–Crippen MR) is 81.9 cm³/mol. The van der Waals surface area contributed by atoms with Gasteiger partial charge in [-0.05, 0) is 32.3 Å². The normalized spacial score (nSPS) is 10.2. The van der Waals surface area contributed by atoms with E-state index in [2.05, 4.69) is 0 Å². The van der Waals surface area contributed by atoms with Gasteiger partial charge in [-0.2, -0.15) is 0 Å². The van der Waals surface area contributed by atoms with Crippen molar-refractivity contribution in [2.24, 2.45) is 0 Å². The van der Waals surface area contributed by atoms with Crippen LogP contribution in [0.5, 0.6) is 0 Å². The third kappa shape index (κ3) is 5.63. The number of benzene rings is 1. The number of nitro groups is 1. The molecule has 0 aliphatic rings.